The van der Waals surface area contributed by atoms with Gasteiger partial charge < -0.3 is 19.7 Å². The number of Topliss-reactive ketones (excluding diaryl/α,β-unsaturated/α-hetero) is 1. The maximum Gasteiger partial charge on any atom is 0.326 e. The fourth-order valence-electron chi connectivity index (χ4n) is 4.96. The smallest absolute Gasteiger partial charge is 0.326 e. The van der Waals surface area contributed by atoms with E-state index < -0.39 is 17.4 Å². The molecule has 0 unspecified atom stereocenters. The molecule has 1 amide bonds. The molecule has 0 radical (unpaired) electrons. The zero-order chi connectivity index (χ0) is 28.8. The number of carbonyl (C=O) groups is 3. The number of benzene rings is 1. The van der Waals surface area contributed by atoms with Gasteiger partial charge in [0.15, 0.2) is 5.78 Å². The normalized spacial score (nSPS) is 13.6. The van der Waals surface area contributed by atoms with E-state index in [1.807, 2.05) is 71.2 Å². The van der Waals surface area contributed by atoms with Crippen LogP contribution in [-0.2, 0) is 21.5 Å². The number of nitrogens with one attached hydrogen (secondary N) is 1. The van der Waals surface area contributed by atoms with E-state index >= 15 is 0 Å². The highest BCUT2D eigenvalue weighted by molar-refractivity contribution is 5.95. The Kier molecular flexibility index (Phi) is 10.4. The van der Waals surface area contributed by atoms with Crippen molar-refractivity contribution in [2.75, 3.05) is 6.61 Å². The van der Waals surface area contributed by atoms with Gasteiger partial charge in [-0.2, -0.15) is 0 Å². The van der Waals surface area contributed by atoms with Gasteiger partial charge in [-0.15, -0.1) is 0 Å². The fourth-order valence-corrected chi connectivity index (χ4v) is 4.96. The quantitative estimate of drug-likeness (QED) is 0.326. The van der Waals surface area contributed by atoms with E-state index in [0.717, 1.165) is 29.7 Å². The van der Waals surface area contributed by atoms with E-state index in [1.54, 1.807) is 6.07 Å². The summed E-state index contributed by atoms with van der Waals surface area (Å²) in [5, 5.41) is 12.4. The van der Waals surface area contributed by atoms with Gasteiger partial charge in [0, 0.05) is 23.1 Å². The van der Waals surface area contributed by atoms with Crippen molar-refractivity contribution in [2.45, 2.75) is 99.6 Å². The maximum atomic E-state index is 13.3. The summed E-state index contributed by atoms with van der Waals surface area (Å²) in [5.74, 6) is -0.865. The second-order valence-electron chi connectivity index (χ2n) is 11.3. The first kappa shape index (κ1) is 31.1. The van der Waals surface area contributed by atoms with Gasteiger partial charge in [-0.1, -0.05) is 67.0 Å². The molecule has 0 saturated carbocycles. The number of carboxylic acid groups (broad SMARTS) is 1. The molecule has 0 spiro atoms. The molecule has 7 nitrogen and oxygen atoms in total. The van der Waals surface area contributed by atoms with Crippen LogP contribution in [-0.4, -0.2) is 40.0 Å². The van der Waals surface area contributed by atoms with Crippen LogP contribution in [0.1, 0.15) is 102 Å². The van der Waals surface area contributed by atoms with Gasteiger partial charge in [0.1, 0.15) is 24.1 Å². The van der Waals surface area contributed by atoms with Gasteiger partial charge in [-0.3, -0.25) is 9.59 Å². The molecule has 2 aromatic rings. The Hall–Kier alpha value is -3.09. The van der Waals surface area contributed by atoms with Crippen LogP contribution in [0.2, 0.25) is 0 Å². The summed E-state index contributed by atoms with van der Waals surface area (Å²) >= 11 is 0. The van der Waals surface area contributed by atoms with Gasteiger partial charge in [-0.25, -0.2) is 4.79 Å². The lowest BCUT2D eigenvalue weighted by atomic mass is 9.72. The lowest BCUT2D eigenvalue weighted by molar-refractivity contribution is -0.140. The van der Waals surface area contributed by atoms with Gasteiger partial charge >= 0.3 is 5.97 Å². The van der Waals surface area contributed by atoms with E-state index in [-0.39, 0.29) is 29.6 Å². The molecule has 2 atom stereocenters. The van der Waals surface area contributed by atoms with Crippen molar-refractivity contribution in [3.63, 3.8) is 0 Å². The van der Waals surface area contributed by atoms with Crippen LogP contribution in [0, 0.1) is 18.3 Å². The van der Waals surface area contributed by atoms with Crippen LogP contribution in [0.5, 0.6) is 5.75 Å². The number of aryl methyl sites for hydroxylation is 1. The number of amides is 1. The van der Waals surface area contributed by atoms with Crippen LogP contribution in [0.4, 0.5) is 0 Å². The number of ketones is 1. The third-order valence-electron chi connectivity index (χ3n) is 7.92. The summed E-state index contributed by atoms with van der Waals surface area (Å²) in [6.45, 7) is 18.3. The standard InChI is InChI=1S/C31H46N2O5/c1-10-20(5)27(29(36)37)32-28(35)23-15-17-25(33(23)13-4)31(11-2,12-3)22-14-16-24(21(6)18-22)38-19-26(34)30(7,8)9/h14-18,20,27H,10-13,19H2,1-9H3,(H,32,35)(H,36,37)/t20-,27+/m1/s1. The Balaban J connectivity index is 2.46. The number of carboxylic acids is 1. The number of hydrogen-bond donors (Lipinski definition) is 2. The minimum atomic E-state index is -1.03. The molecule has 7 heteroatoms. The van der Waals surface area contributed by atoms with Crippen LogP contribution in [0.15, 0.2) is 30.3 Å². The summed E-state index contributed by atoms with van der Waals surface area (Å²) in [7, 11) is 0. The number of carbonyl (C=O) groups excluding carboxylic acids is 2. The third-order valence-corrected chi connectivity index (χ3v) is 7.92. The Morgan fingerprint density at radius 3 is 2.13 bits per heavy atom. The Morgan fingerprint density at radius 2 is 1.66 bits per heavy atom. The second kappa shape index (κ2) is 12.6. The zero-order valence-corrected chi connectivity index (χ0v) is 24.6. The molecule has 0 saturated heterocycles. The molecule has 1 aromatic carbocycles. The number of rotatable bonds is 13. The van der Waals surface area contributed by atoms with Crippen molar-refractivity contribution >= 4 is 17.7 Å². The summed E-state index contributed by atoms with van der Waals surface area (Å²) in [6, 6.07) is 8.93. The highest BCUT2D eigenvalue weighted by atomic mass is 16.5. The van der Waals surface area contributed by atoms with E-state index in [1.165, 1.54) is 0 Å². The van der Waals surface area contributed by atoms with Crippen molar-refractivity contribution < 1.29 is 24.2 Å². The first-order valence-electron chi connectivity index (χ1n) is 13.8. The molecule has 0 aliphatic carbocycles. The number of aliphatic carboxylic acids is 1. The highest BCUT2D eigenvalue weighted by Gasteiger charge is 2.36. The Labute approximate surface area is 228 Å². The topological polar surface area (TPSA) is 97.6 Å². The molecule has 2 N–H and O–H groups in total. The van der Waals surface area contributed by atoms with Crippen LogP contribution in [0.3, 0.4) is 0 Å². The molecule has 210 valence electrons. The lowest BCUT2D eigenvalue weighted by Crippen LogP contribution is -2.45. The minimum absolute atomic E-state index is 0.0293. The molecule has 0 aliphatic heterocycles. The average molecular weight is 527 g/mol. The summed E-state index contributed by atoms with van der Waals surface area (Å²) in [4.78, 5) is 37.4. The molecule has 1 heterocycles. The Bertz CT molecular complexity index is 1140. The number of hydrogen-bond acceptors (Lipinski definition) is 4. The number of ether oxygens (including phenoxy) is 1. The first-order valence-corrected chi connectivity index (χ1v) is 13.8. The highest BCUT2D eigenvalue weighted by Crippen LogP contribution is 2.41. The van der Waals surface area contributed by atoms with E-state index in [4.69, 9.17) is 4.74 Å². The van der Waals surface area contributed by atoms with Crippen molar-refractivity contribution in [3.05, 3.63) is 52.8 Å². The molecular formula is C31H46N2O5. The molecular weight excluding hydrogens is 480 g/mol. The molecule has 38 heavy (non-hydrogen) atoms. The predicted molar refractivity (Wildman–Crippen MR) is 151 cm³/mol. The Morgan fingerprint density at radius 1 is 1.03 bits per heavy atom. The number of nitrogens with zero attached hydrogens (tertiary/aromatic N) is 1. The molecule has 0 aliphatic rings. The van der Waals surface area contributed by atoms with Crippen molar-refractivity contribution in [2.24, 2.45) is 11.3 Å². The SMILES string of the molecule is CC[C@@H](C)[C@H](NC(=O)c1ccc(C(CC)(CC)c2ccc(OCC(=O)C(C)(C)C)c(C)c2)n1CC)C(=O)O. The van der Waals surface area contributed by atoms with Crippen molar-refractivity contribution in [3.8, 4) is 5.75 Å². The summed E-state index contributed by atoms with van der Waals surface area (Å²) < 4.78 is 7.87. The lowest BCUT2D eigenvalue weighted by Gasteiger charge is -2.35. The van der Waals surface area contributed by atoms with Gasteiger partial charge in [0.05, 0.1) is 0 Å². The van der Waals surface area contributed by atoms with E-state index in [2.05, 4.69) is 25.2 Å². The largest absolute Gasteiger partial charge is 0.486 e. The predicted octanol–water partition coefficient (Wildman–Crippen LogP) is 6.15. The zero-order valence-electron chi connectivity index (χ0n) is 24.6. The molecule has 2 rings (SSSR count). The van der Waals surface area contributed by atoms with E-state index in [0.29, 0.717) is 24.4 Å². The van der Waals surface area contributed by atoms with Gasteiger partial charge in [-0.05, 0) is 61.9 Å². The molecule has 0 fully saturated rings. The van der Waals surface area contributed by atoms with Crippen LogP contribution in [0.25, 0.3) is 0 Å². The van der Waals surface area contributed by atoms with Crippen LogP contribution < -0.4 is 10.1 Å². The minimum Gasteiger partial charge on any atom is -0.486 e. The van der Waals surface area contributed by atoms with E-state index in [9.17, 15) is 19.5 Å². The summed E-state index contributed by atoms with van der Waals surface area (Å²) in [5.41, 5.74) is 2.71. The van der Waals surface area contributed by atoms with Crippen molar-refractivity contribution in [1.29, 1.82) is 0 Å². The van der Waals surface area contributed by atoms with Crippen LogP contribution >= 0.6 is 0 Å². The van der Waals surface area contributed by atoms with Gasteiger partial charge in [0.2, 0.25) is 0 Å². The molecule has 1 aromatic heterocycles. The fraction of sp³-hybridized carbons (Fsp3) is 0.581. The maximum absolute atomic E-state index is 13.3. The second-order valence-corrected chi connectivity index (χ2v) is 11.3. The average Bonchev–Trinajstić information content (AvgIpc) is 3.31. The third kappa shape index (κ3) is 6.48. The molecule has 0 bridgehead atoms. The summed E-state index contributed by atoms with van der Waals surface area (Å²) in [6.07, 6.45) is 2.26. The van der Waals surface area contributed by atoms with Crippen molar-refractivity contribution in [1.82, 2.24) is 9.88 Å². The monoisotopic (exact) mass is 526 g/mol. The van der Waals surface area contributed by atoms with Gasteiger partial charge in [0.25, 0.3) is 5.91 Å². The first-order chi connectivity index (χ1) is 17.8. The number of aromatic nitrogens is 1.